The fourth-order valence-corrected chi connectivity index (χ4v) is 3.50. The lowest BCUT2D eigenvalue weighted by atomic mass is 10.2. The van der Waals surface area contributed by atoms with Crippen molar-refractivity contribution < 1.29 is 22.1 Å². The topological polar surface area (TPSA) is 76.7 Å². The maximum atomic E-state index is 12.1. The zero-order chi connectivity index (χ0) is 17.3. The lowest BCUT2D eigenvalue weighted by Crippen LogP contribution is -2.13. The number of rotatable bonds is 5. The van der Waals surface area contributed by atoms with Gasteiger partial charge in [0.05, 0.1) is 11.5 Å². The van der Waals surface area contributed by atoms with E-state index in [4.69, 9.17) is 8.60 Å². The number of aryl methyl sites for hydroxylation is 1. The summed E-state index contributed by atoms with van der Waals surface area (Å²) in [4.78, 5) is 0.0498. The molecule has 0 saturated carbocycles. The average Bonchev–Trinajstić information content (AvgIpc) is 2.96. The van der Waals surface area contributed by atoms with Gasteiger partial charge in [0.15, 0.2) is 0 Å². The first-order valence-electron chi connectivity index (χ1n) is 7.18. The van der Waals surface area contributed by atoms with Crippen LogP contribution in [0.15, 0.2) is 62.3 Å². The highest BCUT2D eigenvalue weighted by Crippen LogP contribution is 2.27. The van der Waals surface area contributed by atoms with E-state index in [0.717, 1.165) is 15.4 Å². The van der Waals surface area contributed by atoms with E-state index in [0.29, 0.717) is 5.58 Å². The predicted molar refractivity (Wildman–Crippen MR) is 93.2 cm³/mol. The molecule has 1 aromatic heterocycles. The van der Waals surface area contributed by atoms with E-state index in [9.17, 15) is 13.5 Å². The van der Waals surface area contributed by atoms with Crippen molar-refractivity contribution in [1.29, 1.82) is 0 Å². The van der Waals surface area contributed by atoms with Gasteiger partial charge in [-0.1, -0.05) is 33.6 Å². The molecule has 0 unspecified atom stereocenters. The minimum absolute atomic E-state index is 0.0498. The van der Waals surface area contributed by atoms with Crippen molar-refractivity contribution in [2.45, 2.75) is 17.9 Å². The fourth-order valence-electron chi connectivity index (χ4n) is 2.21. The predicted octanol–water partition coefficient (Wildman–Crippen LogP) is 3.94. The SMILES string of the molecule is Cc1ccc(S(=O)(=O)OC[C@@H](O)c2cc3cc(Br)ccc3o2)cc1. The second-order valence-corrected chi connectivity index (χ2v) is 7.93. The van der Waals surface area contributed by atoms with E-state index < -0.39 is 22.8 Å². The van der Waals surface area contributed by atoms with Gasteiger partial charge in [0.1, 0.15) is 17.4 Å². The first kappa shape index (κ1) is 17.2. The summed E-state index contributed by atoms with van der Waals surface area (Å²) in [5, 5.41) is 11.0. The average molecular weight is 411 g/mol. The Hall–Kier alpha value is -1.67. The number of aliphatic hydroxyl groups excluding tert-OH is 1. The fraction of sp³-hybridized carbons (Fsp3) is 0.176. The molecule has 0 bridgehead atoms. The molecule has 1 N–H and O–H groups in total. The van der Waals surface area contributed by atoms with Gasteiger partial charge in [-0.3, -0.25) is 4.18 Å². The molecule has 0 radical (unpaired) electrons. The van der Waals surface area contributed by atoms with Crippen LogP contribution in [0.5, 0.6) is 0 Å². The van der Waals surface area contributed by atoms with Crippen LogP contribution in [0.4, 0.5) is 0 Å². The summed E-state index contributed by atoms with van der Waals surface area (Å²) in [6.45, 7) is 1.44. The Morgan fingerprint density at radius 2 is 1.88 bits per heavy atom. The second kappa shape index (κ2) is 6.68. The molecule has 0 aliphatic heterocycles. The maximum Gasteiger partial charge on any atom is 0.297 e. The zero-order valence-corrected chi connectivity index (χ0v) is 15.2. The molecule has 7 heteroatoms. The molecule has 24 heavy (non-hydrogen) atoms. The van der Waals surface area contributed by atoms with E-state index >= 15 is 0 Å². The van der Waals surface area contributed by atoms with Crippen molar-refractivity contribution in [3.63, 3.8) is 0 Å². The van der Waals surface area contributed by atoms with Crippen molar-refractivity contribution in [1.82, 2.24) is 0 Å². The number of benzene rings is 2. The molecule has 0 saturated heterocycles. The number of furan rings is 1. The summed E-state index contributed by atoms with van der Waals surface area (Å²) >= 11 is 3.36. The summed E-state index contributed by atoms with van der Waals surface area (Å²) in [5.41, 5.74) is 1.55. The van der Waals surface area contributed by atoms with Gasteiger partial charge in [0.2, 0.25) is 0 Å². The van der Waals surface area contributed by atoms with Crippen LogP contribution in [0.1, 0.15) is 17.4 Å². The lowest BCUT2D eigenvalue weighted by molar-refractivity contribution is 0.0932. The molecule has 126 valence electrons. The van der Waals surface area contributed by atoms with Gasteiger partial charge >= 0.3 is 0 Å². The smallest absolute Gasteiger partial charge is 0.297 e. The molecular formula is C17H15BrO5S. The Balaban J connectivity index is 1.74. The van der Waals surface area contributed by atoms with Gasteiger partial charge in [-0.2, -0.15) is 8.42 Å². The number of aliphatic hydroxyl groups is 1. The number of fused-ring (bicyclic) bond motifs is 1. The third-order valence-electron chi connectivity index (χ3n) is 3.52. The lowest BCUT2D eigenvalue weighted by Gasteiger charge is -2.09. The first-order valence-corrected chi connectivity index (χ1v) is 9.38. The van der Waals surface area contributed by atoms with Crippen molar-refractivity contribution >= 4 is 37.0 Å². The summed E-state index contributed by atoms with van der Waals surface area (Å²) in [6.07, 6.45) is -1.18. The van der Waals surface area contributed by atoms with Gasteiger partial charge < -0.3 is 9.52 Å². The molecule has 5 nitrogen and oxygen atoms in total. The van der Waals surface area contributed by atoms with Crippen LogP contribution in [-0.4, -0.2) is 20.1 Å². The molecule has 2 aromatic carbocycles. The molecule has 0 aliphatic carbocycles. The van der Waals surface area contributed by atoms with Crippen LogP contribution in [0.3, 0.4) is 0 Å². The molecule has 1 heterocycles. The minimum atomic E-state index is -3.93. The zero-order valence-electron chi connectivity index (χ0n) is 12.8. The standard InChI is InChI=1S/C17H15BrO5S/c1-11-2-5-14(6-3-11)24(20,21)22-10-15(19)17-9-12-8-13(18)4-7-16(12)23-17/h2-9,15,19H,10H2,1H3/t15-/m1/s1. The van der Waals surface area contributed by atoms with E-state index in [2.05, 4.69) is 15.9 Å². The van der Waals surface area contributed by atoms with E-state index in [1.807, 2.05) is 19.1 Å². The van der Waals surface area contributed by atoms with Crippen LogP contribution >= 0.6 is 15.9 Å². The molecule has 3 rings (SSSR count). The molecular weight excluding hydrogens is 396 g/mol. The van der Waals surface area contributed by atoms with Gasteiger partial charge in [-0.05, 0) is 43.3 Å². The van der Waals surface area contributed by atoms with Crippen LogP contribution in [0.2, 0.25) is 0 Å². The first-order chi connectivity index (χ1) is 11.3. The van der Waals surface area contributed by atoms with Crippen LogP contribution in [0.25, 0.3) is 11.0 Å². The minimum Gasteiger partial charge on any atom is -0.458 e. The Morgan fingerprint density at radius 1 is 1.17 bits per heavy atom. The highest BCUT2D eigenvalue weighted by Gasteiger charge is 2.20. The van der Waals surface area contributed by atoms with Crippen molar-refractivity contribution in [2.24, 2.45) is 0 Å². The van der Waals surface area contributed by atoms with Gasteiger partial charge in [-0.25, -0.2) is 0 Å². The van der Waals surface area contributed by atoms with Gasteiger partial charge in [0.25, 0.3) is 10.1 Å². The van der Waals surface area contributed by atoms with E-state index in [-0.39, 0.29) is 10.7 Å². The Bertz CT molecular complexity index is 960. The highest BCUT2D eigenvalue weighted by atomic mass is 79.9. The summed E-state index contributed by atoms with van der Waals surface area (Å²) in [7, 11) is -3.93. The Kier molecular flexibility index (Phi) is 4.78. The van der Waals surface area contributed by atoms with E-state index in [1.165, 1.54) is 12.1 Å². The van der Waals surface area contributed by atoms with Gasteiger partial charge in [0, 0.05) is 9.86 Å². The molecule has 0 spiro atoms. The van der Waals surface area contributed by atoms with Crippen molar-refractivity contribution in [2.75, 3.05) is 6.61 Å². The Morgan fingerprint density at radius 3 is 2.58 bits per heavy atom. The summed E-state index contributed by atoms with van der Waals surface area (Å²) in [5.74, 6) is 0.252. The third kappa shape index (κ3) is 3.70. The molecule has 1 atom stereocenters. The monoisotopic (exact) mass is 410 g/mol. The summed E-state index contributed by atoms with van der Waals surface area (Å²) in [6, 6.07) is 13.4. The van der Waals surface area contributed by atoms with Crippen molar-refractivity contribution in [3.05, 3.63) is 64.3 Å². The molecule has 3 aromatic rings. The van der Waals surface area contributed by atoms with E-state index in [1.54, 1.807) is 24.3 Å². The number of hydrogen-bond acceptors (Lipinski definition) is 5. The second-order valence-electron chi connectivity index (χ2n) is 5.40. The van der Waals surface area contributed by atoms with Gasteiger partial charge in [-0.15, -0.1) is 0 Å². The van der Waals surface area contributed by atoms with Crippen LogP contribution in [0, 0.1) is 6.92 Å². The quantitative estimate of drug-likeness (QED) is 0.644. The molecule has 0 fully saturated rings. The highest BCUT2D eigenvalue weighted by molar-refractivity contribution is 9.10. The number of halogens is 1. The molecule has 0 aliphatic rings. The van der Waals surface area contributed by atoms with Crippen LogP contribution in [-0.2, 0) is 14.3 Å². The molecule has 0 amide bonds. The normalized spacial score (nSPS) is 13.3. The largest absolute Gasteiger partial charge is 0.458 e. The summed E-state index contributed by atoms with van der Waals surface area (Å²) < 4.78 is 35.6. The van der Waals surface area contributed by atoms with Crippen molar-refractivity contribution in [3.8, 4) is 0 Å². The maximum absolute atomic E-state index is 12.1. The number of hydrogen-bond donors (Lipinski definition) is 1. The Labute approximate surface area is 148 Å². The third-order valence-corrected chi connectivity index (χ3v) is 5.31. The van der Waals surface area contributed by atoms with Crippen LogP contribution < -0.4 is 0 Å².